The molecule has 1 aromatic heterocycles. The molecule has 0 bridgehead atoms. The molecule has 0 radical (unpaired) electrons. The summed E-state index contributed by atoms with van der Waals surface area (Å²) < 4.78 is 1.81. The van der Waals surface area contributed by atoms with E-state index in [2.05, 4.69) is 34.2 Å². The lowest BCUT2D eigenvalue weighted by atomic mass is 9.94. The molecule has 1 aromatic carbocycles. The fourth-order valence-corrected chi connectivity index (χ4v) is 3.03. The average Bonchev–Trinajstić information content (AvgIpc) is 3.00. The number of aryl methyl sites for hydroxylation is 1. The molecule has 1 N–H and O–H groups in total. The molecule has 1 aliphatic rings. The van der Waals surface area contributed by atoms with Crippen LogP contribution in [0.3, 0.4) is 0 Å². The Hall–Kier alpha value is -1.72. The van der Waals surface area contributed by atoms with E-state index in [0.29, 0.717) is 12.2 Å². The van der Waals surface area contributed by atoms with Gasteiger partial charge in [0.25, 0.3) is 0 Å². The minimum atomic E-state index is -0.917. The maximum Gasteiger partial charge on any atom is 0.166 e. The maximum atomic E-state index is 11.0. The molecule has 106 valence electrons. The molecule has 1 aliphatic heterocycles. The fraction of sp³-hybridized carbons (Fsp3) is 0.467. The van der Waals surface area contributed by atoms with Gasteiger partial charge < -0.3 is 9.67 Å². The molecular weight excluding hydrogens is 252 g/mol. The zero-order valence-electron chi connectivity index (χ0n) is 11.9. The number of nitrogens with zero attached hydrogens (tertiary/aromatic N) is 4. The van der Waals surface area contributed by atoms with Crippen LogP contribution in [0, 0.1) is 0 Å². The molecule has 0 saturated carbocycles. The summed E-state index contributed by atoms with van der Waals surface area (Å²) in [6.45, 7) is 3.77. The second-order valence-electron chi connectivity index (χ2n) is 5.57. The van der Waals surface area contributed by atoms with Gasteiger partial charge in [0.15, 0.2) is 5.82 Å². The lowest BCUT2D eigenvalue weighted by Gasteiger charge is -2.30. The van der Waals surface area contributed by atoms with E-state index in [1.54, 1.807) is 6.33 Å². The second kappa shape index (κ2) is 5.00. The summed E-state index contributed by atoms with van der Waals surface area (Å²) in [6, 6.07) is 10.4. The van der Waals surface area contributed by atoms with Gasteiger partial charge in [0, 0.05) is 26.2 Å². The van der Waals surface area contributed by atoms with E-state index in [1.807, 2.05) is 29.8 Å². The summed E-state index contributed by atoms with van der Waals surface area (Å²) in [6.07, 6.45) is 2.33. The molecule has 1 saturated heterocycles. The zero-order chi connectivity index (χ0) is 14.2. The third-order valence-corrected chi connectivity index (χ3v) is 4.35. The Labute approximate surface area is 118 Å². The topological polar surface area (TPSA) is 54.2 Å². The van der Waals surface area contributed by atoms with E-state index in [9.17, 15) is 5.11 Å². The van der Waals surface area contributed by atoms with Crippen molar-refractivity contribution in [1.82, 2.24) is 19.7 Å². The lowest BCUT2D eigenvalue weighted by Crippen LogP contribution is -2.41. The van der Waals surface area contributed by atoms with Crippen LogP contribution >= 0.6 is 0 Å². The zero-order valence-corrected chi connectivity index (χ0v) is 11.9. The smallest absolute Gasteiger partial charge is 0.166 e. The Kier molecular flexibility index (Phi) is 3.31. The van der Waals surface area contributed by atoms with Crippen LogP contribution < -0.4 is 0 Å². The number of hydrogen-bond donors (Lipinski definition) is 1. The minimum Gasteiger partial charge on any atom is -0.380 e. The predicted octanol–water partition coefficient (Wildman–Crippen LogP) is 1.30. The SMILES string of the molecule is CC1N(Cc2ccccc2)CCC1(O)c1nncn1C. The molecule has 2 heterocycles. The van der Waals surface area contributed by atoms with Crippen molar-refractivity contribution in [1.29, 1.82) is 0 Å². The van der Waals surface area contributed by atoms with Gasteiger partial charge in [-0.2, -0.15) is 0 Å². The van der Waals surface area contributed by atoms with Crippen LogP contribution in [0.5, 0.6) is 0 Å². The maximum absolute atomic E-state index is 11.0. The first-order chi connectivity index (χ1) is 9.61. The molecule has 0 aliphatic carbocycles. The minimum absolute atomic E-state index is 0.0191. The van der Waals surface area contributed by atoms with E-state index in [-0.39, 0.29) is 6.04 Å². The summed E-state index contributed by atoms with van der Waals surface area (Å²) in [5.41, 5.74) is 0.349. The van der Waals surface area contributed by atoms with Gasteiger partial charge >= 0.3 is 0 Å². The van der Waals surface area contributed by atoms with E-state index < -0.39 is 5.60 Å². The molecule has 3 rings (SSSR count). The Morgan fingerprint density at radius 2 is 2.10 bits per heavy atom. The van der Waals surface area contributed by atoms with Gasteiger partial charge in [-0.25, -0.2) is 0 Å². The third-order valence-electron chi connectivity index (χ3n) is 4.35. The third kappa shape index (κ3) is 2.13. The van der Waals surface area contributed by atoms with E-state index in [0.717, 1.165) is 13.1 Å². The van der Waals surface area contributed by atoms with Crippen LogP contribution in [0.25, 0.3) is 0 Å². The summed E-state index contributed by atoms with van der Waals surface area (Å²) >= 11 is 0. The first-order valence-corrected chi connectivity index (χ1v) is 6.96. The van der Waals surface area contributed by atoms with Gasteiger partial charge in [0.2, 0.25) is 0 Å². The van der Waals surface area contributed by atoms with Crippen LogP contribution in [0.4, 0.5) is 0 Å². The van der Waals surface area contributed by atoms with Crippen LogP contribution in [0.15, 0.2) is 36.7 Å². The highest BCUT2D eigenvalue weighted by Gasteiger charge is 2.47. The lowest BCUT2D eigenvalue weighted by molar-refractivity contribution is -0.00578. The largest absolute Gasteiger partial charge is 0.380 e. The summed E-state index contributed by atoms with van der Waals surface area (Å²) in [5.74, 6) is 0.653. The highest BCUT2D eigenvalue weighted by molar-refractivity contribution is 5.17. The van der Waals surface area contributed by atoms with Crippen LogP contribution in [0.2, 0.25) is 0 Å². The molecule has 2 atom stereocenters. The van der Waals surface area contributed by atoms with Gasteiger partial charge in [-0.15, -0.1) is 10.2 Å². The Morgan fingerprint density at radius 1 is 1.35 bits per heavy atom. The predicted molar refractivity (Wildman–Crippen MR) is 75.8 cm³/mol. The standard InChI is InChI=1S/C15H20N4O/c1-12-15(20,14-17-16-11-18(14)2)8-9-19(12)10-13-6-4-3-5-7-13/h3-7,11-12,20H,8-10H2,1-2H3. The van der Waals surface area contributed by atoms with Crippen molar-refractivity contribution < 1.29 is 5.11 Å². The fourth-order valence-electron chi connectivity index (χ4n) is 3.03. The van der Waals surface area contributed by atoms with Crippen molar-refractivity contribution in [3.05, 3.63) is 48.0 Å². The van der Waals surface area contributed by atoms with Crippen LogP contribution in [-0.4, -0.2) is 37.4 Å². The molecule has 2 unspecified atom stereocenters. The quantitative estimate of drug-likeness (QED) is 0.915. The summed E-state index contributed by atoms with van der Waals surface area (Å²) in [7, 11) is 1.87. The first-order valence-electron chi connectivity index (χ1n) is 6.96. The molecule has 2 aromatic rings. The van der Waals surface area contributed by atoms with Gasteiger partial charge in [0.05, 0.1) is 0 Å². The van der Waals surface area contributed by atoms with Crippen molar-refractivity contribution in [2.75, 3.05) is 6.54 Å². The molecular formula is C15H20N4O. The molecule has 20 heavy (non-hydrogen) atoms. The monoisotopic (exact) mass is 272 g/mol. The second-order valence-corrected chi connectivity index (χ2v) is 5.57. The van der Waals surface area contributed by atoms with Crippen molar-refractivity contribution in [2.24, 2.45) is 7.05 Å². The van der Waals surface area contributed by atoms with Crippen molar-refractivity contribution in [3.8, 4) is 0 Å². The van der Waals surface area contributed by atoms with Crippen molar-refractivity contribution >= 4 is 0 Å². The van der Waals surface area contributed by atoms with E-state index in [4.69, 9.17) is 0 Å². The molecule has 5 heteroatoms. The Morgan fingerprint density at radius 3 is 2.75 bits per heavy atom. The van der Waals surface area contributed by atoms with E-state index >= 15 is 0 Å². The van der Waals surface area contributed by atoms with Crippen LogP contribution in [0.1, 0.15) is 24.7 Å². The van der Waals surface area contributed by atoms with Gasteiger partial charge in [-0.1, -0.05) is 30.3 Å². The normalized spacial score (nSPS) is 27.1. The summed E-state index contributed by atoms with van der Waals surface area (Å²) in [5, 5.41) is 19.0. The Bertz CT molecular complexity index is 583. The van der Waals surface area contributed by atoms with Gasteiger partial charge in [0.1, 0.15) is 11.9 Å². The summed E-state index contributed by atoms with van der Waals surface area (Å²) in [4.78, 5) is 2.30. The van der Waals surface area contributed by atoms with E-state index in [1.165, 1.54) is 5.56 Å². The van der Waals surface area contributed by atoms with Gasteiger partial charge in [-0.3, -0.25) is 4.90 Å². The molecule has 1 fully saturated rings. The number of aliphatic hydroxyl groups is 1. The number of benzene rings is 1. The van der Waals surface area contributed by atoms with Gasteiger partial charge in [-0.05, 0) is 18.9 Å². The van der Waals surface area contributed by atoms with Crippen LogP contribution in [-0.2, 0) is 19.2 Å². The number of rotatable bonds is 3. The number of hydrogen-bond acceptors (Lipinski definition) is 4. The number of likely N-dealkylation sites (tertiary alicyclic amines) is 1. The molecule has 5 nitrogen and oxygen atoms in total. The molecule has 0 amide bonds. The number of aromatic nitrogens is 3. The molecule has 0 spiro atoms. The van der Waals surface area contributed by atoms with Crippen molar-refractivity contribution in [3.63, 3.8) is 0 Å². The highest BCUT2D eigenvalue weighted by Crippen LogP contribution is 2.36. The Balaban J connectivity index is 1.80. The van der Waals surface area contributed by atoms with Crippen molar-refractivity contribution in [2.45, 2.75) is 31.5 Å². The highest BCUT2D eigenvalue weighted by atomic mass is 16.3. The first kappa shape index (κ1) is 13.3. The average molecular weight is 272 g/mol.